The van der Waals surface area contributed by atoms with E-state index in [4.69, 9.17) is 0 Å². The van der Waals surface area contributed by atoms with Crippen molar-refractivity contribution in [3.05, 3.63) is 59.7 Å². The number of nitrogens with zero attached hydrogens (tertiary/aromatic N) is 1. The highest BCUT2D eigenvalue weighted by atomic mass is 32.2. The van der Waals surface area contributed by atoms with Gasteiger partial charge in [-0.25, -0.2) is 0 Å². The molecule has 0 unspecified atom stereocenters. The van der Waals surface area contributed by atoms with Crippen LogP contribution in [0.1, 0.15) is 17.5 Å². The zero-order valence-corrected chi connectivity index (χ0v) is 15.6. The first-order chi connectivity index (χ1) is 12.6. The van der Waals surface area contributed by atoms with Crippen LogP contribution in [0.4, 0.5) is 5.69 Å². The summed E-state index contributed by atoms with van der Waals surface area (Å²) in [6.45, 7) is 3.11. The predicted octanol–water partition coefficient (Wildman–Crippen LogP) is 2.69. The Kier molecular flexibility index (Phi) is 6.17. The van der Waals surface area contributed by atoms with E-state index >= 15 is 0 Å². The Morgan fingerprint density at radius 1 is 1.04 bits per heavy atom. The predicted molar refractivity (Wildman–Crippen MR) is 105 cm³/mol. The molecule has 0 radical (unpaired) electrons. The standard InChI is InChI=1S/C20H23N3O2S/c1-15-8-10-17(11-9-15)26-14-20(25)22-21-19(24)13-23-12-4-6-16-5-2-3-7-18(16)23/h2-3,5,7-11H,4,6,12-14H2,1H3,(H,21,24)(H,22,25). The van der Waals surface area contributed by atoms with Crippen molar-refractivity contribution in [2.24, 2.45) is 0 Å². The molecule has 2 aromatic rings. The third-order valence-corrected chi connectivity index (χ3v) is 5.29. The number of carbonyl (C=O) groups excluding carboxylic acids is 2. The van der Waals surface area contributed by atoms with E-state index in [1.807, 2.05) is 49.4 Å². The van der Waals surface area contributed by atoms with Crippen LogP contribution in [0, 0.1) is 6.92 Å². The first kappa shape index (κ1) is 18.3. The van der Waals surface area contributed by atoms with Gasteiger partial charge in [0.15, 0.2) is 0 Å². The fourth-order valence-corrected chi connectivity index (χ4v) is 3.65. The molecule has 2 aromatic carbocycles. The molecule has 1 heterocycles. The Balaban J connectivity index is 1.43. The molecule has 5 nitrogen and oxygen atoms in total. The highest BCUT2D eigenvalue weighted by molar-refractivity contribution is 8.00. The maximum atomic E-state index is 12.2. The van der Waals surface area contributed by atoms with Gasteiger partial charge in [0.05, 0.1) is 12.3 Å². The Morgan fingerprint density at radius 3 is 2.58 bits per heavy atom. The highest BCUT2D eigenvalue weighted by Crippen LogP contribution is 2.26. The van der Waals surface area contributed by atoms with Crippen LogP contribution in [0.3, 0.4) is 0 Å². The van der Waals surface area contributed by atoms with Gasteiger partial charge in [0.2, 0.25) is 5.91 Å². The van der Waals surface area contributed by atoms with Crippen molar-refractivity contribution >= 4 is 29.3 Å². The Labute approximate surface area is 158 Å². The molecule has 0 aromatic heterocycles. The van der Waals surface area contributed by atoms with Crippen LogP contribution in [-0.4, -0.2) is 30.7 Å². The number of carbonyl (C=O) groups is 2. The molecule has 0 atom stereocenters. The van der Waals surface area contributed by atoms with Gasteiger partial charge in [-0.3, -0.25) is 20.4 Å². The van der Waals surface area contributed by atoms with Gasteiger partial charge in [0, 0.05) is 17.1 Å². The van der Waals surface area contributed by atoms with E-state index in [-0.39, 0.29) is 24.1 Å². The van der Waals surface area contributed by atoms with Gasteiger partial charge in [0.1, 0.15) is 0 Å². The van der Waals surface area contributed by atoms with Gasteiger partial charge in [-0.1, -0.05) is 35.9 Å². The number of benzene rings is 2. The van der Waals surface area contributed by atoms with E-state index in [9.17, 15) is 9.59 Å². The summed E-state index contributed by atoms with van der Waals surface area (Å²) in [5, 5.41) is 0. The molecule has 6 heteroatoms. The number of hydrazine groups is 1. The number of anilines is 1. The monoisotopic (exact) mass is 369 g/mol. The Morgan fingerprint density at radius 2 is 1.77 bits per heavy atom. The zero-order chi connectivity index (χ0) is 18.4. The minimum Gasteiger partial charge on any atom is -0.362 e. The number of rotatable bonds is 5. The van der Waals surface area contributed by atoms with E-state index in [0.717, 1.165) is 30.0 Å². The lowest BCUT2D eigenvalue weighted by Crippen LogP contribution is -2.47. The van der Waals surface area contributed by atoms with Crippen LogP contribution < -0.4 is 15.8 Å². The average molecular weight is 369 g/mol. The van der Waals surface area contributed by atoms with Crippen molar-refractivity contribution in [1.82, 2.24) is 10.9 Å². The quantitative estimate of drug-likeness (QED) is 0.628. The number of hydrogen-bond donors (Lipinski definition) is 2. The molecular formula is C20H23N3O2S. The molecule has 0 fully saturated rings. The summed E-state index contributed by atoms with van der Waals surface area (Å²) in [6, 6.07) is 16.1. The van der Waals surface area contributed by atoms with Crippen LogP contribution in [0.2, 0.25) is 0 Å². The summed E-state index contributed by atoms with van der Waals surface area (Å²) in [5.74, 6) is -0.172. The van der Waals surface area contributed by atoms with Crippen LogP contribution in [0.15, 0.2) is 53.4 Å². The summed E-state index contributed by atoms with van der Waals surface area (Å²) >= 11 is 1.44. The molecular weight excluding hydrogens is 346 g/mol. The minimum absolute atomic E-state index is 0.213. The van der Waals surface area contributed by atoms with Crippen LogP contribution >= 0.6 is 11.8 Å². The molecule has 0 saturated carbocycles. The number of amides is 2. The van der Waals surface area contributed by atoms with Gasteiger partial charge >= 0.3 is 0 Å². The molecule has 0 saturated heterocycles. The van der Waals surface area contributed by atoms with Gasteiger partial charge < -0.3 is 4.90 Å². The van der Waals surface area contributed by atoms with Crippen LogP contribution in [0.5, 0.6) is 0 Å². The van der Waals surface area contributed by atoms with Crippen LogP contribution in [0.25, 0.3) is 0 Å². The van der Waals surface area contributed by atoms with E-state index in [0.29, 0.717) is 0 Å². The second-order valence-electron chi connectivity index (χ2n) is 6.35. The highest BCUT2D eigenvalue weighted by Gasteiger charge is 2.18. The van der Waals surface area contributed by atoms with E-state index in [1.165, 1.54) is 22.9 Å². The van der Waals surface area contributed by atoms with Crippen molar-refractivity contribution in [3.63, 3.8) is 0 Å². The zero-order valence-electron chi connectivity index (χ0n) is 14.8. The molecule has 0 bridgehead atoms. The number of hydrogen-bond acceptors (Lipinski definition) is 4. The topological polar surface area (TPSA) is 61.4 Å². The lowest BCUT2D eigenvalue weighted by Gasteiger charge is -2.30. The molecule has 0 aliphatic carbocycles. The number of fused-ring (bicyclic) bond motifs is 1. The lowest BCUT2D eigenvalue weighted by atomic mass is 10.0. The van der Waals surface area contributed by atoms with Crippen molar-refractivity contribution in [3.8, 4) is 0 Å². The van der Waals surface area contributed by atoms with Crippen molar-refractivity contribution in [1.29, 1.82) is 0 Å². The Bertz CT molecular complexity index is 777. The Hall–Kier alpha value is -2.47. The summed E-state index contributed by atoms with van der Waals surface area (Å²) in [7, 11) is 0. The smallest absolute Gasteiger partial charge is 0.257 e. The molecule has 2 amide bonds. The number of aryl methyl sites for hydroxylation is 2. The number of thioether (sulfide) groups is 1. The van der Waals surface area contributed by atoms with Gasteiger partial charge in [-0.2, -0.15) is 0 Å². The number of para-hydroxylation sites is 1. The molecule has 136 valence electrons. The summed E-state index contributed by atoms with van der Waals surface area (Å²) in [5.41, 5.74) is 8.56. The summed E-state index contributed by atoms with van der Waals surface area (Å²) in [6.07, 6.45) is 2.07. The molecule has 1 aliphatic rings. The minimum atomic E-state index is -0.219. The SMILES string of the molecule is Cc1ccc(SCC(=O)NNC(=O)CN2CCCc3ccccc32)cc1. The maximum absolute atomic E-state index is 12.2. The van der Waals surface area contributed by atoms with Gasteiger partial charge in [0.25, 0.3) is 5.91 Å². The second kappa shape index (κ2) is 8.76. The molecule has 3 rings (SSSR count). The molecule has 2 N–H and O–H groups in total. The maximum Gasteiger partial charge on any atom is 0.257 e. The largest absolute Gasteiger partial charge is 0.362 e. The molecule has 26 heavy (non-hydrogen) atoms. The fourth-order valence-electron chi connectivity index (χ4n) is 2.95. The van der Waals surface area contributed by atoms with Crippen molar-refractivity contribution in [2.75, 3.05) is 23.7 Å². The third-order valence-electron chi connectivity index (χ3n) is 4.27. The molecule has 0 spiro atoms. The second-order valence-corrected chi connectivity index (χ2v) is 7.40. The lowest BCUT2D eigenvalue weighted by molar-refractivity contribution is -0.126. The van der Waals surface area contributed by atoms with Crippen LogP contribution in [-0.2, 0) is 16.0 Å². The van der Waals surface area contributed by atoms with Crippen molar-refractivity contribution in [2.45, 2.75) is 24.7 Å². The number of nitrogens with one attached hydrogen (secondary N) is 2. The third kappa shape index (κ3) is 5.02. The van der Waals surface area contributed by atoms with Crippen molar-refractivity contribution < 1.29 is 9.59 Å². The summed E-state index contributed by atoms with van der Waals surface area (Å²) in [4.78, 5) is 27.2. The molecule has 1 aliphatic heterocycles. The van der Waals surface area contributed by atoms with E-state index in [1.54, 1.807) is 0 Å². The average Bonchev–Trinajstić information content (AvgIpc) is 2.66. The first-order valence-electron chi connectivity index (χ1n) is 8.72. The van der Waals surface area contributed by atoms with Gasteiger partial charge in [-0.15, -0.1) is 11.8 Å². The fraction of sp³-hybridized carbons (Fsp3) is 0.300. The van der Waals surface area contributed by atoms with Gasteiger partial charge in [-0.05, 0) is 43.5 Å². The van der Waals surface area contributed by atoms with E-state index < -0.39 is 0 Å². The summed E-state index contributed by atoms with van der Waals surface area (Å²) < 4.78 is 0. The van der Waals surface area contributed by atoms with E-state index in [2.05, 4.69) is 21.8 Å². The normalized spacial score (nSPS) is 13.0. The first-order valence-corrected chi connectivity index (χ1v) is 9.70.